The summed E-state index contributed by atoms with van der Waals surface area (Å²) in [5.74, 6) is 1.21. The fourth-order valence-electron chi connectivity index (χ4n) is 3.72. The standard InChI is InChI=1S/C23H19FN2O4/c1-28-18-6-2-4-15(21(18)24)16-5-3-7-20(25-16)26-22(27)23(10-11-23)14-8-9-17-19(12-14)30-13-29-17/h2-9,12H,10-11,13H2,1H3,(H,25,26,27). The predicted octanol–water partition coefficient (Wildman–Crippen LogP) is 4.30. The number of halogens is 1. The van der Waals surface area contributed by atoms with Crippen LogP contribution in [-0.4, -0.2) is 24.8 Å². The molecule has 1 aromatic heterocycles. The van der Waals surface area contributed by atoms with Gasteiger partial charge in [0.05, 0.1) is 18.2 Å². The first-order valence-corrected chi connectivity index (χ1v) is 9.62. The van der Waals surface area contributed by atoms with Crippen molar-refractivity contribution >= 4 is 11.7 Å². The lowest BCUT2D eigenvalue weighted by molar-refractivity contribution is -0.118. The second kappa shape index (κ2) is 7.02. The summed E-state index contributed by atoms with van der Waals surface area (Å²) in [6.07, 6.45) is 1.48. The average molecular weight is 406 g/mol. The first-order valence-electron chi connectivity index (χ1n) is 9.62. The van der Waals surface area contributed by atoms with E-state index in [0.29, 0.717) is 28.6 Å². The highest BCUT2D eigenvalue weighted by Gasteiger charge is 2.51. The van der Waals surface area contributed by atoms with Crippen LogP contribution in [0.3, 0.4) is 0 Å². The van der Waals surface area contributed by atoms with E-state index in [1.807, 2.05) is 18.2 Å². The largest absolute Gasteiger partial charge is 0.494 e. The SMILES string of the molecule is COc1cccc(-c2cccc(NC(=O)C3(c4ccc5c(c4)OCO5)CC3)n2)c1F. The number of hydrogen-bond acceptors (Lipinski definition) is 5. The van der Waals surface area contributed by atoms with Crippen LogP contribution in [0.2, 0.25) is 0 Å². The van der Waals surface area contributed by atoms with Crippen LogP contribution in [0.15, 0.2) is 54.6 Å². The maximum absolute atomic E-state index is 14.6. The van der Waals surface area contributed by atoms with E-state index in [9.17, 15) is 9.18 Å². The summed E-state index contributed by atoms with van der Waals surface area (Å²) in [7, 11) is 1.41. The van der Waals surface area contributed by atoms with Gasteiger partial charge in [-0.3, -0.25) is 4.79 Å². The Kier molecular flexibility index (Phi) is 4.31. The van der Waals surface area contributed by atoms with Crippen molar-refractivity contribution in [3.8, 4) is 28.5 Å². The summed E-state index contributed by atoms with van der Waals surface area (Å²) in [5, 5.41) is 2.89. The second-order valence-electron chi connectivity index (χ2n) is 7.33. The van der Waals surface area contributed by atoms with E-state index >= 15 is 0 Å². The monoisotopic (exact) mass is 406 g/mol. The van der Waals surface area contributed by atoms with Gasteiger partial charge in [0.15, 0.2) is 23.1 Å². The van der Waals surface area contributed by atoms with Crippen LogP contribution in [0.5, 0.6) is 17.2 Å². The number of carbonyl (C=O) groups excluding carboxylic acids is 1. The Morgan fingerprint density at radius 2 is 1.90 bits per heavy atom. The molecule has 0 spiro atoms. The molecule has 1 fully saturated rings. The van der Waals surface area contributed by atoms with Crippen molar-refractivity contribution in [2.75, 3.05) is 19.2 Å². The van der Waals surface area contributed by atoms with Crippen LogP contribution in [0.25, 0.3) is 11.3 Å². The van der Waals surface area contributed by atoms with Gasteiger partial charge in [-0.15, -0.1) is 0 Å². The first kappa shape index (κ1) is 18.4. The van der Waals surface area contributed by atoms with Crippen LogP contribution in [0, 0.1) is 5.82 Å². The van der Waals surface area contributed by atoms with Gasteiger partial charge in [0.2, 0.25) is 12.7 Å². The van der Waals surface area contributed by atoms with Crippen molar-refractivity contribution in [1.29, 1.82) is 0 Å². The number of amides is 1. The van der Waals surface area contributed by atoms with Gasteiger partial charge in [-0.25, -0.2) is 9.37 Å². The number of benzene rings is 2. The smallest absolute Gasteiger partial charge is 0.236 e. The van der Waals surface area contributed by atoms with Crippen LogP contribution in [0.4, 0.5) is 10.2 Å². The highest BCUT2D eigenvalue weighted by Crippen LogP contribution is 2.51. The molecule has 2 aromatic carbocycles. The molecule has 1 aliphatic carbocycles. The zero-order valence-corrected chi connectivity index (χ0v) is 16.3. The van der Waals surface area contributed by atoms with Crippen molar-refractivity contribution in [2.45, 2.75) is 18.3 Å². The fraction of sp³-hybridized carbons (Fsp3) is 0.217. The van der Waals surface area contributed by atoms with Crippen LogP contribution < -0.4 is 19.5 Å². The Morgan fingerprint density at radius 3 is 2.70 bits per heavy atom. The Hall–Kier alpha value is -3.61. The molecule has 6 nitrogen and oxygen atoms in total. The van der Waals surface area contributed by atoms with Crippen LogP contribution in [-0.2, 0) is 10.2 Å². The molecule has 3 aromatic rings. The number of pyridine rings is 1. The summed E-state index contributed by atoms with van der Waals surface area (Å²) in [6, 6.07) is 15.6. The molecule has 0 saturated heterocycles. The molecule has 2 heterocycles. The molecule has 1 N–H and O–H groups in total. The van der Waals surface area contributed by atoms with E-state index < -0.39 is 11.2 Å². The predicted molar refractivity (Wildman–Crippen MR) is 108 cm³/mol. The maximum Gasteiger partial charge on any atom is 0.236 e. The van der Waals surface area contributed by atoms with Crippen molar-refractivity contribution in [3.05, 3.63) is 66.0 Å². The third-order valence-electron chi connectivity index (χ3n) is 5.56. The molecule has 152 valence electrons. The number of hydrogen-bond donors (Lipinski definition) is 1. The highest BCUT2D eigenvalue weighted by atomic mass is 19.1. The molecule has 0 bridgehead atoms. The summed E-state index contributed by atoms with van der Waals surface area (Å²) >= 11 is 0. The third kappa shape index (κ3) is 3.03. The van der Waals surface area contributed by atoms with Crippen molar-refractivity contribution < 1.29 is 23.4 Å². The number of fused-ring (bicyclic) bond motifs is 1. The Balaban J connectivity index is 1.40. The molecule has 1 saturated carbocycles. The lowest BCUT2D eigenvalue weighted by Crippen LogP contribution is -2.28. The van der Waals surface area contributed by atoms with Crippen molar-refractivity contribution in [1.82, 2.24) is 4.98 Å². The molecule has 7 heteroatoms. The van der Waals surface area contributed by atoms with Gasteiger partial charge in [-0.1, -0.05) is 18.2 Å². The second-order valence-corrected chi connectivity index (χ2v) is 7.33. The van der Waals surface area contributed by atoms with Crippen molar-refractivity contribution in [2.24, 2.45) is 0 Å². The number of anilines is 1. The molecule has 0 atom stereocenters. The van der Waals surface area contributed by atoms with Gasteiger partial charge < -0.3 is 19.5 Å². The third-order valence-corrected chi connectivity index (χ3v) is 5.56. The van der Waals surface area contributed by atoms with E-state index in [-0.39, 0.29) is 18.4 Å². The number of nitrogens with zero attached hydrogens (tertiary/aromatic N) is 1. The quantitative estimate of drug-likeness (QED) is 0.684. The summed E-state index contributed by atoms with van der Waals surface area (Å²) in [5.41, 5.74) is 0.999. The normalized spacial score (nSPS) is 15.5. The minimum absolute atomic E-state index is 0.142. The highest BCUT2D eigenvalue weighted by molar-refractivity contribution is 6.01. The van der Waals surface area contributed by atoms with Gasteiger partial charge in [0.1, 0.15) is 5.82 Å². The van der Waals surface area contributed by atoms with Gasteiger partial charge >= 0.3 is 0 Å². The average Bonchev–Trinajstić information content (AvgIpc) is 3.45. The van der Waals surface area contributed by atoms with Gasteiger partial charge in [-0.05, 0) is 54.8 Å². The maximum atomic E-state index is 14.6. The number of rotatable bonds is 5. The van der Waals surface area contributed by atoms with Gasteiger partial charge in [0, 0.05) is 5.56 Å². The van der Waals surface area contributed by atoms with E-state index in [0.717, 1.165) is 18.4 Å². The summed E-state index contributed by atoms with van der Waals surface area (Å²) in [6.45, 7) is 0.190. The van der Waals surface area contributed by atoms with E-state index in [4.69, 9.17) is 14.2 Å². The Labute approximate surface area is 172 Å². The number of nitrogens with one attached hydrogen (secondary N) is 1. The molecular weight excluding hydrogens is 387 g/mol. The molecule has 1 amide bonds. The van der Waals surface area contributed by atoms with E-state index in [2.05, 4.69) is 10.3 Å². The molecule has 5 rings (SSSR count). The minimum atomic E-state index is -0.611. The van der Waals surface area contributed by atoms with Gasteiger partial charge in [-0.2, -0.15) is 0 Å². The number of methoxy groups -OCH3 is 1. The molecule has 2 aliphatic rings. The lowest BCUT2D eigenvalue weighted by atomic mass is 9.94. The minimum Gasteiger partial charge on any atom is -0.494 e. The van der Waals surface area contributed by atoms with Crippen molar-refractivity contribution in [3.63, 3.8) is 0 Å². The number of ether oxygens (including phenoxy) is 3. The Bertz CT molecular complexity index is 1140. The van der Waals surface area contributed by atoms with E-state index in [1.165, 1.54) is 7.11 Å². The number of aromatic nitrogens is 1. The zero-order chi connectivity index (χ0) is 20.7. The van der Waals surface area contributed by atoms with Crippen LogP contribution in [0.1, 0.15) is 18.4 Å². The Morgan fingerprint density at radius 1 is 1.10 bits per heavy atom. The molecule has 30 heavy (non-hydrogen) atoms. The molecule has 0 radical (unpaired) electrons. The van der Waals surface area contributed by atoms with Crippen LogP contribution >= 0.6 is 0 Å². The van der Waals surface area contributed by atoms with E-state index in [1.54, 1.807) is 36.4 Å². The summed E-state index contributed by atoms with van der Waals surface area (Å²) in [4.78, 5) is 17.5. The lowest BCUT2D eigenvalue weighted by Gasteiger charge is -2.16. The molecule has 0 unspecified atom stereocenters. The molecule has 1 aliphatic heterocycles. The number of carbonyl (C=O) groups is 1. The topological polar surface area (TPSA) is 69.7 Å². The zero-order valence-electron chi connectivity index (χ0n) is 16.3. The fourth-order valence-corrected chi connectivity index (χ4v) is 3.72. The van der Waals surface area contributed by atoms with Gasteiger partial charge in [0.25, 0.3) is 0 Å². The summed E-state index contributed by atoms with van der Waals surface area (Å²) < 4.78 is 30.4. The molecular formula is C23H19FN2O4. The first-order chi connectivity index (χ1) is 14.6.